The van der Waals surface area contributed by atoms with Gasteiger partial charge in [-0.1, -0.05) is 57.2 Å². The molecule has 0 saturated heterocycles. The van der Waals surface area contributed by atoms with Crippen molar-refractivity contribution in [2.45, 2.75) is 58.7 Å². The zero-order valence-electron chi connectivity index (χ0n) is 43.6. The molecule has 0 atom stereocenters. The third-order valence-corrected chi connectivity index (χ3v) is 15.9. The molecule has 2 aliphatic heterocycles. The van der Waals surface area contributed by atoms with Gasteiger partial charge in [0.05, 0.1) is 0 Å². The average molecular weight is 1120 g/mol. The fourth-order valence-electron chi connectivity index (χ4n) is 11.6. The molecule has 0 spiro atoms. The van der Waals surface area contributed by atoms with Crippen molar-refractivity contribution >= 4 is 38.5 Å². The quantitative estimate of drug-likeness (QED) is 0.152. The fourth-order valence-corrected chi connectivity index (χ4v) is 12.7. The van der Waals surface area contributed by atoms with Gasteiger partial charge < -0.3 is 0 Å². The van der Waals surface area contributed by atoms with Crippen LogP contribution in [0.3, 0.4) is 0 Å². The van der Waals surface area contributed by atoms with Gasteiger partial charge in [-0.15, -0.1) is 0 Å². The molecule has 0 saturated carbocycles. The molecule has 7 heteroatoms. The van der Waals surface area contributed by atoms with E-state index in [1.807, 2.05) is 42.5 Å². The van der Waals surface area contributed by atoms with E-state index >= 15 is 0 Å². The van der Waals surface area contributed by atoms with Crippen LogP contribution in [0.5, 0.6) is 11.5 Å². The summed E-state index contributed by atoms with van der Waals surface area (Å²) in [5, 5.41) is 2.05. The predicted octanol–water partition coefficient (Wildman–Crippen LogP) is 16.1. The van der Waals surface area contributed by atoms with E-state index in [1.54, 1.807) is 12.3 Å². The number of para-hydroxylation sites is 3. The number of rotatable bonds is 8. The summed E-state index contributed by atoms with van der Waals surface area (Å²) in [5.74, 6) is 1.86. The van der Waals surface area contributed by atoms with Gasteiger partial charge >= 0.3 is 336 Å². The number of fused-ring (bicyclic) bond motifs is 4. The Morgan fingerprint density at radius 3 is 1.82 bits per heavy atom. The number of benzene rings is 8. The topological polar surface area (TPSA) is 40.1 Å². The van der Waals surface area contributed by atoms with Gasteiger partial charge in [-0.25, -0.2) is 0 Å². The van der Waals surface area contributed by atoms with Crippen molar-refractivity contribution in [2.24, 2.45) is 0 Å². The van der Waals surface area contributed by atoms with Gasteiger partial charge in [0.15, 0.2) is 0 Å². The number of aromatic nitrogens is 4. The molecule has 5 heterocycles. The zero-order chi connectivity index (χ0) is 51.2. The van der Waals surface area contributed by atoms with Gasteiger partial charge in [-0.2, -0.15) is 0 Å². The molecule has 0 radical (unpaired) electrons. The van der Waals surface area contributed by atoms with Crippen LogP contribution in [0.25, 0.3) is 83.4 Å². The minimum absolute atomic E-state index is 0.0307. The normalized spacial score (nSPS) is 14.3. The molecular formula is C65H55N5OPt. The van der Waals surface area contributed by atoms with Crippen molar-refractivity contribution < 1.29 is 28.2 Å². The van der Waals surface area contributed by atoms with Crippen molar-refractivity contribution in [1.29, 1.82) is 0 Å². The summed E-state index contributed by atoms with van der Waals surface area (Å²) >= 11 is 2.55. The Morgan fingerprint density at radius 2 is 1.15 bits per heavy atom. The maximum absolute atomic E-state index is 8.71. The van der Waals surface area contributed by atoms with Crippen LogP contribution in [0.2, 0.25) is 0 Å². The molecule has 3 aromatic heterocycles. The number of aryl methyl sites for hydroxylation is 1. The van der Waals surface area contributed by atoms with Gasteiger partial charge in [0.25, 0.3) is 0 Å². The molecular weight excluding hydrogens is 1060 g/mol. The molecule has 0 bridgehead atoms. The van der Waals surface area contributed by atoms with Gasteiger partial charge in [-0.05, 0) is 29.0 Å². The first-order valence-electron chi connectivity index (χ1n) is 26.6. The Bertz CT molecular complexity index is 4020. The van der Waals surface area contributed by atoms with E-state index in [0.29, 0.717) is 22.9 Å². The smallest absolute Gasteiger partial charge is 0.0579 e. The van der Waals surface area contributed by atoms with Gasteiger partial charge in [0, 0.05) is 15.9 Å². The number of hydrogen-bond acceptors (Lipinski definition) is 3. The predicted molar refractivity (Wildman–Crippen MR) is 293 cm³/mol. The first-order chi connectivity index (χ1) is 36.4. The molecule has 8 aromatic carbocycles. The average Bonchev–Trinajstić information content (AvgIpc) is 3.93. The van der Waals surface area contributed by atoms with E-state index in [1.165, 1.54) is 50.3 Å². The van der Waals surface area contributed by atoms with Crippen LogP contribution in [0.1, 0.15) is 60.0 Å². The minimum Gasteiger partial charge on any atom is -0.0579 e. The second-order valence-corrected chi connectivity index (χ2v) is 21.3. The second kappa shape index (κ2) is 17.6. The van der Waals surface area contributed by atoms with Crippen molar-refractivity contribution in [3.8, 4) is 62.1 Å². The first-order valence-corrected chi connectivity index (χ1v) is 26.2. The number of nitrogens with zero attached hydrogens (tertiary/aromatic N) is 5. The molecule has 11 aromatic rings. The van der Waals surface area contributed by atoms with E-state index in [-0.39, 0.29) is 11.0 Å². The molecule has 72 heavy (non-hydrogen) atoms. The molecule has 0 aliphatic carbocycles. The fraction of sp³-hybridized carbons (Fsp3) is 0.169. The summed E-state index contributed by atoms with van der Waals surface area (Å²) < 4.78 is 41.0. The van der Waals surface area contributed by atoms with Gasteiger partial charge in [-0.3, -0.25) is 0 Å². The van der Waals surface area contributed by atoms with Crippen LogP contribution < -0.4 is 9.64 Å². The molecule has 0 amide bonds. The maximum atomic E-state index is 8.71. The van der Waals surface area contributed by atoms with Crippen LogP contribution in [0.4, 0.5) is 5.69 Å². The molecule has 6 nitrogen and oxygen atoms in total. The Morgan fingerprint density at radius 1 is 0.542 bits per heavy atom. The molecule has 2 aliphatic rings. The minimum atomic E-state index is -2.39. The summed E-state index contributed by atoms with van der Waals surface area (Å²) in [4.78, 5) is 7.67. The van der Waals surface area contributed by atoms with Crippen molar-refractivity contribution in [1.82, 2.24) is 18.7 Å². The Kier molecular flexibility index (Phi) is 10.1. The third kappa shape index (κ3) is 7.41. The van der Waals surface area contributed by atoms with E-state index in [9.17, 15) is 0 Å². The van der Waals surface area contributed by atoms with Crippen molar-refractivity contribution in [3.05, 3.63) is 214 Å². The molecule has 0 fully saturated rings. The van der Waals surface area contributed by atoms with E-state index in [2.05, 4.69) is 192 Å². The summed E-state index contributed by atoms with van der Waals surface area (Å²) in [7, 11) is 0. The second-order valence-electron chi connectivity index (χ2n) is 20.3. The summed E-state index contributed by atoms with van der Waals surface area (Å²) in [6.07, 6.45) is 6.04. The van der Waals surface area contributed by atoms with Crippen LogP contribution in [0, 0.1) is 10.7 Å². The summed E-state index contributed by atoms with van der Waals surface area (Å²) in [5.41, 5.74) is 18.4. The number of anilines is 1. The van der Waals surface area contributed by atoms with Crippen LogP contribution in [0.15, 0.2) is 188 Å². The van der Waals surface area contributed by atoms with Crippen LogP contribution in [-0.4, -0.2) is 31.8 Å². The molecule has 13 rings (SSSR count). The van der Waals surface area contributed by atoms with Gasteiger partial charge in [0.1, 0.15) is 0 Å². The number of imidazole rings is 1. The summed E-state index contributed by atoms with van der Waals surface area (Å²) in [6.45, 7) is 6.32. The SMILES string of the molecule is [2H]C([2H])([2H])c1cc(-n2c3ccccc3c3ccc(Oc4cccc(-n5[c](=[Pt])n(-c6c(-c7ccccc7)c7c8c(c6-c6ccccc6)CCCN8CCC7)c6ccccc65)c4)cc32)ncc1-c1ccc(C(C)(C)C)cc1. The Hall–Kier alpha value is -7.53. The monoisotopic (exact) mass is 1120 g/mol. The van der Waals surface area contributed by atoms with Crippen LogP contribution >= 0.6 is 0 Å². The number of hydrogen-bond donors (Lipinski definition) is 0. The van der Waals surface area contributed by atoms with Crippen molar-refractivity contribution in [2.75, 3.05) is 18.0 Å². The zero-order valence-corrected chi connectivity index (χ0v) is 42.9. The van der Waals surface area contributed by atoms with E-state index in [0.717, 1.165) is 86.7 Å². The summed E-state index contributed by atoms with van der Waals surface area (Å²) in [6, 6.07) is 63.5. The Balaban J connectivity index is 0.943. The number of pyridine rings is 1. The molecule has 0 N–H and O–H groups in total. The van der Waals surface area contributed by atoms with Crippen molar-refractivity contribution in [3.63, 3.8) is 0 Å². The Labute approximate surface area is 436 Å². The first kappa shape index (κ1) is 41.1. The van der Waals surface area contributed by atoms with Crippen LogP contribution in [-0.2, 0) is 37.6 Å². The molecule has 0 unspecified atom stereocenters. The standard InChI is InChI=1S/C65H55N5O.Pt/c1-43-38-60(66-41-55(43)44-30-32-47(33-31-44)65(2,3)4)70-56-27-12-11-24-51(56)52-35-34-50(40-59(52)70)71-49-23-15-22-48(39-49)68-42-69(58-29-14-13-28-57(58)68)64-61(45-18-7-5-8-19-45)53-25-16-36-67-37-17-26-54(63(53)67)62(64)46-20-9-6-10-21-46;/h5-15,18-24,27-35,38-41H,16-17,25-26,36-37H2,1-4H3;/i1D3;. The van der Waals surface area contributed by atoms with E-state index < -0.39 is 6.85 Å². The number of ether oxygens (including phenoxy) is 1. The van der Waals surface area contributed by atoms with Gasteiger partial charge in [0.2, 0.25) is 0 Å². The molecule has 356 valence electrons. The third-order valence-electron chi connectivity index (χ3n) is 14.9. The van der Waals surface area contributed by atoms with E-state index in [4.69, 9.17) is 13.8 Å².